The van der Waals surface area contributed by atoms with E-state index in [2.05, 4.69) is 17.0 Å². The Balaban J connectivity index is 2.08. The second kappa shape index (κ2) is 7.05. The van der Waals surface area contributed by atoms with Gasteiger partial charge in [-0.3, -0.25) is 9.67 Å². The highest BCUT2D eigenvalue weighted by Crippen LogP contribution is 2.26. The quantitative estimate of drug-likeness (QED) is 0.841. The van der Waals surface area contributed by atoms with E-state index in [4.69, 9.17) is 10.5 Å². The molecule has 0 bridgehead atoms. The molecule has 0 fully saturated rings. The number of hydrogen-bond donors (Lipinski definition) is 1. The minimum Gasteiger partial charge on any atom is -0.493 e. The Labute approximate surface area is 119 Å². The van der Waals surface area contributed by atoms with Gasteiger partial charge in [0.25, 0.3) is 0 Å². The predicted octanol–water partition coefficient (Wildman–Crippen LogP) is 2.33. The molecule has 2 aromatic rings. The summed E-state index contributed by atoms with van der Waals surface area (Å²) < 4.78 is 7.31. The molecule has 1 unspecified atom stereocenters. The summed E-state index contributed by atoms with van der Waals surface area (Å²) in [6.07, 6.45) is 6.24. The molecule has 2 rings (SSSR count). The van der Waals surface area contributed by atoms with E-state index in [1.165, 1.54) is 0 Å². The number of rotatable bonds is 7. The van der Waals surface area contributed by atoms with Crippen LogP contribution in [-0.4, -0.2) is 21.9 Å². The van der Waals surface area contributed by atoms with Gasteiger partial charge in [0.15, 0.2) is 5.75 Å². The molecule has 2 heterocycles. The van der Waals surface area contributed by atoms with Crippen molar-refractivity contribution in [2.24, 2.45) is 5.73 Å². The standard InChI is InChI=1S/C15H22N4O/c1-3-10-19-15(14(20-2)11-18-19)13(16)8-7-12-6-4-5-9-17-12/h4-6,9,11,13H,3,7-8,10,16H2,1-2H3. The largest absolute Gasteiger partial charge is 0.493 e. The number of aromatic nitrogens is 3. The number of nitrogens with two attached hydrogens (primary N) is 1. The highest BCUT2D eigenvalue weighted by Gasteiger charge is 2.18. The molecule has 0 aromatic carbocycles. The summed E-state index contributed by atoms with van der Waals surface area (Å²) in [5, 5.41) is 4.35. The highest BCUT2D eigenvalue weighted by molar-refractivity contribution is 5.28. The molecule has 2 N–H and O–H groups in total. The average molecular weight is 274 g/mol. The van der Waals surface area contributed by atoms with Gasteiger partial charge in [-0.15, -0.1) is 0 Å². The van der Waals surface area contributed by atoms with E-state index < -0.39 is 0 Å². The van der Waals surface area contributed by atoms with Crippen molar-refractivity contribution in [2.75, 3.05) is 7.11 Å². The van der Waals surface area contributed by atoms with Crippen LogP contribution in [0.25, 0.3) is 0 Å². The Hall–Kier alpha value is -1.88. The van der Waals surface area contributed by atoms with Crippen LogP contribution in [0.4, 0.5) is 0 Å². The lowest BCUT2D eigenvalue weighted by Gasteiger charge is -2.15. The fourth-order valence-corrected chi connectivity index (χ4v) is 2.29. The van der Waals surface area contributed by atoms with Gasteiger partial charge in [0.2, 0.25) is 0 Å². The van der Waals surface area contributed by atoms with Crippen molar-refractivity contribution < 1.29 is 4.74 Å². The molecule has 0 saturated heterocycles. The van der Waals surface area contributed by atoms with Crippen LogP contribution in [0, 0.1) is 0 Å². The van der Waals surface area contributed by atoms with Crippen molar-refractivity contribution >= 4 is 0 Å². The van der Waals surface area contributed by atoms with Gasteiger partial charge in [-0.1, -0.05) is 13.0 Å². The fraction of sp³-hybridized carbons (Fsp3) is 0.467. The summed E-state index contributed by atoms with van der Waals surface area (Å²) in [6, 6.07) is 5.84. The monoisotopic (exact) mass is 274 g/mol. The van der Waals surface area contributed by atoms with Gasteiger partial charge in [0.1, 0.15) is 0 Å². The summed E-state index contributed by atoms with van der Waals surface area (Å²) >= 11 is 0. The molecule has 0 radical (unpaired) electrons. The van der Waals surface area contributed by atoms with Crippen LogP contribution >= 0.6 is 0 Å². The van der Waals surface area contributed by atoms with Gasteiger partial charge in [-0.05, 0) is 31.4 Å². The molecule has 5 heteroatoms. The van der Waals surface area contributed by atoms with Crippen LogP contribution in [0.1, 0.15) is 37.2 Å². The van der Waals surface area contributed by atoms with Crippen LogP contribution in [0.5, 0.6) is 5.75 Å². The lowest BCUT2D eigenvalue weighted by Crippen LogP contribution is -2.18. The summed E-state index contributed by atoms with van der Waals surface area (Å²) in [4.78, 5) is 4.32. The molecule has 0 saturated carbocycles. The molecule has 0 aliphatic heterocycles. The van der Waals surface area contributed by atoms with Gasteiger partial charge in [-0.2, -0.15) is 5.10 Å². The second-order valence-electron chi connectivity index (χ2n) is 4.79. The Morgan fingerprint density at radius 3 is 2.90 bits per heavy atom. The Bertz CT molecular complexity index is 524. The minimum absolute atomic E-state index is 0.0963. The maximum Gasteiger partial charge on any atom is 0.161 e. The minimum atomic E-state index is -0.0963. The van der Waals surface area contributed by atoms with Crippen molar-refractivity contribution in [3.63, 3.8) is 0 Å². The van der Waals surface area contributed by atoms with Crippen molar-refractivity contribution in [1.82, 2.24) is 14.8 Å². The summed E-state index contributed by atoms with van der Waals surface area (Å²) in [7, 11) is 1.66. The Morgan fingerprint density at radius 1 is 1.40 bits per heavy atom. The topological polar surface area (TPSA) is 66.0 Å². The highest BCUT2D eigenvalue weighted by atomic mass is 16.5. The third-order valence-electron chi connectivity index (χ3n) is 3.29. The molecule has 2 aromatic heterocycles. The molecule has 108 valence electrons. The van der Waals surface area contributed by atoms with Crippen LogP contribution in [0.15, 0.2) is 30.6 Å². The molecular weight excluding hydrogens is 252 g/mol. The molecule has 1 atom stereocenters. The van der Waals surface area contributed by atoms with E-state index in [-0.39, 0.29) is 6.04 Å². The lowest BCUT2D eigenvalue weighted by molar-refractivity contribution is 0.398. The third-order valence-corrected chi connectivity index (χ3v) is 3.29. The third kappa shape index (κ3) is 3.36. The molecule has 0 aliphatic carbocycles. The van der Waals surface area contributed by atoms with Crippen LogP contribution in [-0.2, 0) is 13.0 Å². The zero-order chi connectivity index (χ0) is 14.4. The normalized spacial score (nSPS) is 12.3. The van der Waals surface area contributed by atoms with Gasteiger partial charge in [0.05, 0.1) is 25.0 Å². The first-order valence-electron chi connectivity index (χ1n) is 7.01. The number of ether oxygens (including phenoxy) is 1. The molecule has 0 spiro atoms. The van der Waals surface area contributed by atoms with E-state index in [1.807, 2.05) is 29.1 Å². The number of aryl methyl sites for hydroxylation is 2. The van der Waals surface area contributed by atoms with Crippen molar-refractivity contribution in [3.8, 4) is 5.75 Å². The smallest absolute Gasteiger partial charge is 0.161 e. The van der Waals surface area contributed by atoms with E-state index in [0.717, 1.165) is 42.9 Å². The summed E-state index contributed by atoms with van der Waals surface area (Å²) in [5.41, 5.74) is 8.36. The average Bonchev–Trinajstić information content (AvgIpc) is 2.89. The first-order chi connectivity index (χ1) is 9.76. The van der Waals surface area contributed by atoms with Gasteiger partial charge in [-0.25, -0.2) is 0 Å². The maximum absolute atomic E-state index is 6.33. The zero-order valence-electron chi connectivity index (χ0n) is 12.1. The first-order valence-corrected chi connectivity index (χ1v) is 7.01. The van der Waals surface area contributed by atoms with Crippen LogP contribution in [0.2, 0.25) is 0 Å². The number of pyridine rings is 1. The van der Waals surface area contributed by atoms with Gasteiger partial charge in [0, 0.05) is 18.4 Å². The van der Waals surface area contributed by atoms with Crippen LogP contribution in [0.3, 0.4) is 0 Å². The van der Waals surface area contributed by atoms with Crippen molar-refractivity contribution in [2.45, 2.75) is 38.8 Å². The molecule has 0 aliphatic rings. The predicted molar refractivity (Wildman–Crippen MR) is 78.6 cm³/mol. The molecule has 5 nitrogen and oxygen atoms in total. The van der Waals surface area contributed by atoms with Gasteiger partial charge < -0.3 is 10.5 Å². The zero-order valence-corrected chi connectivity index (χ0v) is 12.1. The van der Waals surface area contributed by atoms with Crippen molar-refractivity contribution in [1.29, 1.82) is 0 Å². The Morgan fingerprint density at radius 2 is 2.25 bits per heavy atom. The van der Waals surface area contributed by atoms with Crippen molar-refractivity contribution in [3.05, 3.63) is 42.0 Å². The lowest BCUT2D eigenvalue weighted by atomic mass is 10.1. The Kier molecular flexibility index (Phi) is 5.12. The maximum atomic E-state index is 6.33. The molecule has 0 amide bonds. The first kappa shape index (κ1) is 14.5. The number of hydrogen-bond acceptors (Lipinski definition) is 4. The fourth-order valence-electron chi connectivity index (χ4n) is 2.29. The molecular formula is C15H22N4O. The van der Waals surface area contributed by atoms with Crippen LogP contribution < -0.4 is 10.5 Å². The second-order valence-corrected chi connectivity index (χ2v) is 4.79. The number of methoxy groups -OCH3 is 1. The van der Waals surface area contributed by atoms with E-state index in [9.17, 15) is 0 Å². The van der Waals surface area contributed by atoms with Gasteiger partial charge >= 0.3 is 0 Å². The SMILES string of the molecule is CCCn1ncc(OC)c1C(N)CCc1ccccn1. The molecule has 20 heavy (non-hydrogen) atoms. The van der Waals surface area contributed by atoms with E-state index >= 15 is 0 Å². The summed E-state index contributed by atoms with van der Waals surface area (Å²) in [5.74, 6) is 0.770. The van der Waals surface area contributed by atoms with E-state index in [1.54, 1.807) is 13.3 Å². The van der Waals surface area contributed by atoms with E-state index in [0.29, 0.717) is 0 Å². The summed E-state index contributed by atoms with van der Waals surface area (Å²) in [6.45, 7) is 2.98. The number of nitrogens with zero attached hydrogens (tertiary/aromatic N) is 3.